The molecule has 2 N–H and O–H groups in total. The average molecular weight is 247 g/mol. The summed E-state index contributed by atoms with van der Waals surface area (Å²) in [7, 11) is 0. The van der Waals surface area contributed by atoms with E-state index in [9.17, 15) is 0 Å². The van der Waals surface area contributed by atoms with Gasteiger partial charge >= 0.3 is 0 Å². The summed E-state index contributed by atoms with van der Waals surface area (Å²) in [6.45, 7) is 8.83. The molecule has 1 aromatic rings. The lowest BCUT2D eigenvalue weighted by Crippen LogP contribution is -2.19. The predicted molar refractivity (Wildman–Crippen MR) is 75.5 cm³/mol. The fraction of sp³-hybridized carbons (Fsp3) is 0.733. The lowest BCUT2D eigenvalue weighted by molar-refractivity contribution is 0.338. The van der Waals surface area contributed by atoms with Gasteiger partial charge in [0.15, 0.2) is 0 Å². The van der Waals surface area contributed by atoms with Gasteiger partial charge in [-0.1, -0.05) is 40.5 Å². The van der Waals surface area contributed by atoms with E-state index in [4.69, 9.17) is 10.7 Å². The molecule has 0 bridgehead atoms. The van der Waals surface area contributed by atoms with Crippen LogP contribution >= 0.6 is 0 Å². The summed E-state index contributed by atoms with van der Waals surface area (Å²) in [5.41, 5.74) is 7.03. The van der Waals surface area contributed by atoms with E-state index in [-0.39, 0.29) is 5.41 Å². The Hall–Kier alpha value is -1.12. The Kier molecular flexibility index (Phi) is 3.60. The second-order valence-corrected chi connectivity index (χ2v) is 6.74. The number of nitrogen functional groups attached to an aromatic ring is 1. The van der Waals surface area contributed by atoms with Gasteiger partial charge in [0.1, 0.15) is 11.6 Å². The third kappa shape index (κ3) is 3.01. The maximum absolute atomic E-state index is 5.94. The lowest BCUT2D eigenvalue weighted by Gasteiger charge is -2.26. The van der Waals surface area contributed by atoms with Crippen molar-refractivity contribution < 1.29 is 0 Å². The van der Waals surface area contributed by atoms with Crippen LogP contribution in [0.4, 0.5) is 5.82 Å². The summed E-state index contributed by atoms with van der Waals surface area (Å²) in [5, 5.41) is 0. The zero-order valence-corrected chi connectivity index (χ0v) is 12.0. The Bertz CT molecular complexity index is 412. The van der Waals surface area contributed by atoms with Gasteiger partial charge in [0.2, 0.25) is 0 Å². The van der Waals surface area contributed by atoms with Crippen LogP contribution in [0.2, 0.25) is 0 Å². The van der Waals surface area contributed by atoms with E-state index in [1.807, 2.05) is 6.07 Å². The normalized spacial score (nSPS) is 25.1. The van der Waals surface area contributed by atoms with Gasteiger partial charge < -0.3 is 5.73 Å². The summed E-state index contributed by atoms with van der Waals surface area (Å²) in [4.78, 5) is 9.23. The molecule has 3 heteroatoms. The maximum Gasteiger partial charge on any atom is 0.134 e. The Labute approximate surface area is 110 Å². The van der Waals surface area contributed by atoms with E-state index in [1.54, 1.807) is 0 Å². The summed E-state index contributed by atoms with van der Waals surface area (Å²) < 4.78 is 0. The molecular weight excluding hydrogens is 222 g/mol. The summed E-state index contributed by atoms with van der Waals surface area (Å²) >= 11 is 0. The SMILES string of the molecule is CC1CCC(c2nc(N)cc(C(C)(C)C)n2)CC1. The van der Waals surface area contributed by atoms with Gasteiger partial charge in [-0.2, -0.15) is 0 Å². The number of hydrogen-bond donors (Lipinski definition) is 1. The summed E-state index contributed by atoms with van der Waals surface area (Å²) in [6.07, 6.45) is 4.98. The van der Waals surface area contributed by atoms with Crippen molar-refractivity contribution in [2.24, 2.45) is 5.92 Å². The molecule has 18 heavy (non-hydrogen) atoms. The molecule has 1 aliphatic rings. The molecule has 0 saturated heterocycles. The van der Waals surface area contributed by atoms with Crippen LogP contribution in [0.15, 0.2) is 6.07 Å². The van der Waals surface area contributed by atoms with E-state index < -0.39 is 0 Å². The van der Waals surface area contributed by atoms with Gasteiger partial charge in [-0.25, -0.2) is 9.97 Å². The van der Waals surface area contributed by atoms with Gasteiger partial charge in [0.25, 0.3) is 0 Å². The Morgan fingerprint density at radius 2 is 1.72 bits per heavy atom. The molecule has 3 nitrogen and oxygen atoms in total. The first-order valence-corrected chi connectivity index (χ1v) is 7.01. The molecule has 0 atom stereocenters. The monoisotopic (exact) mass is 247 g/mol. The summed E-state index contributed by atoms with van der Waals surface area (Å²) in [6, 6.07) is 1.91. The van der Waals surface area contributed by atoms with Crippen molar-refractivity contribution in [3.63, 3.8) is 0 Å². The van der Waals surface area contributed by atoms with E-state index in [0.717, 1.165) is 17.4 Å². The molecule has 0 aliphatic heterocycles. The minimum Gasteiger partial charge on any atom is -0.384 e. The lowest BCUT2D eigenvalue weighted by atomic mass is 9.82. The van der Waals surface area contributed by atoms with E-state index >= 15 is 0 Å². The first kappa shape index (κ1) is 13.3. The van der Waals surface area contributed by atoms with Crippen LogP contribution in [0.25, 0.3) is 0 Å². The second-order valence-electron chi connectivity index (χ2n) is 6.74. The fourth-order valence-corrected chi connectivity index (χ4v) is 2.57. The Morgan fingerprint density at radius 3 is 2.28 bits per heavy atom. The van der Waals surface area contributed by atoms with Gasteiger partial charge in [-0.15, -0.1) is 0 Å². The van der Waals surface area contributed by atoms with Crippen LogP contribution in [0.1, 0.15) is 70.8 Å². The van der Waals surface area contributed by atoms with Crippen LogP contribution in [0, 0.1) is 5.92 Å². The number of aromatic nitrogens is 2. The van der Waals surface area contributed by atoms with Crippen molar-refractivity contribution >= 4 is 5.82 Å². The number of hydrogen-bond acceptors (Lipinski definition) is 3. The quantitative estimate of drug-likeness (QED) is 0.824. The molecule has 1 aromatic heterocycles. The molecule has 0 radical (unpaired) electrons. The maximum atomic E-state index is 5.94. The number of anilines is 1. The molecule has 0 unspecified atom stereocenters. The molecule has 1 fully saturated rings. The first-order chi connectivity index (χ1) is 8.36. The number of nitrogens with zero attached hydrogens (tertiary/aromatic N) is 2. The highest BCUT2D eigenvalue weighted by atomic mass is 15.0. The molecular formula is C15H25N3. The zero-order valence-electron chi connectivity index (χ0n) is 12.0. The third-order valence-corrected chi connectivity index (χ3v) is 3.91. The molecule has 1 saturated carbocycles. The molecule has 100 valence electrons. The third-order valence-electron chi connectivity index (χ3n) is 3.91. The topological polar surface area (TPSA) is 51.8 Å². The minimum atomic E-state index is 0.0355. The van der Waals surface area contributed by atoms with Crippen LogP contribution in [-0.2, 0) is 5.41 Å². The molecule has 0 spiro atoms. The second kappa shape index (κ2) is 4.87. The van der Waals surface area contributed by atoms with Gasteiger partial charge in [-0.3, -0.25) is 0 Å². The van der Waals surface area contributed by atoms with Crippen LogP contribution in [-0.4, -0.2) is 9.97 Å². The molecule has 1 aliphatic carbocycles. The van der Waals surface area contributed by atoms with Crippen molar-refractivity contribution in [1.82, 2.24) is 9.97 Å². The van der Waals surface area contributed by atoms with Gasteiger partial charge in [-0.05, 0) is 18.8 Å². The highest BCUT2D eigenvalue weighted by Crippen LogP contribution is 2.35. The highest BCUT2D eigenvalue weighted by molar-refractivity contribution is 5.33. The number of rotatable bonds is 1. The predicted octanol–water partition coefficient (Wildman–Crippen LogP) is 3.65. The fourth-order valence-electron chi connectivity index (χ4n) is 2.57. The average Bonchev–Trinajstić information content (AvgIpc) is 2.28. The van der Waals surface area contributed by atoms with Crippen molar-refractivity contribution in [3.05, 3.63) is 17.6 Å². The van der Waals surface area contributed by atoms with Crippen molar-refractivity contribution in [3.8, 4) is 0 Å². The van der Waals surface area contributed by atoms with Gasteiger partial charge in [0, 0.05) is 17.4 Å². The molecule has 2 rings (SSSR count). The molecule has 1 heterocycles. The standard InChI is InChI=1S/C15H25N3/c1-10-5-7-11(8-6-10)14-17-12(15(2,3)4)9-13(16)18-14/h9-11H,5-8H2,1-4H3,(H2,16,17,18). The van der Waals surface area contributed by atoms with E-state index in [0.29, 0.717) is 11.7 Å². The van der Waals surface area contributed by atoms with Crippen LogP contribution in [0.5, 0.6) is 0 Å². The van der Waals surface area contributed by atoms with E-state index in [1.165, 1.54) is 25.7 Å². The van der Waals surface area contributed by atoms with Crippen LogP contribution in [0.3, 0.4) is 0 Å². The van der Waals surface area contributed by atoms with Crippen molar-refractivity contribution in [1.29, 1.82) is 0 Å². The zero-order chi connectivity index (χ0) is 13.3. The van der Waals surface area contributed by atoms with E-state index in [2.05, 4.69) is 32.7 Å². The molecule has 0 amide bonds. The Balaban J connectivity index is 2.25. The molecule has 0 aromatic carbocycles. The highest BCUT2D eigenvalue weighted by Gasteiger charge is 2.24. The number of nitrogens with two attached hydrogens (primary N) is 1. The van der Waals surface area contributed by atoms with Crippen molar-refractivity contribution in [2.45, 2.75) is 64.7 Å². The van der Waals surface area contributed by atoms with Gasteiger partial charge in [0.05, 0.1) is 5.69 Å². The first-order valence-electron chi connectivity index (χ1n) is 7.01. The van der Waals surface area contributed by atoms with Crippen molar-refractivity contribution in [2.75, 3.05) is 5.73 Å². The Morgan fingerprint density at radius 1 is 1.11 bits per heavy atom. The largest absolute Gasteiger partial charge is 0.384 e. The van der Waals surface area contributed by atoms with Crippen LogP contribution < -0.4 is 5.73 Å². The summed E-state index contributed by atoms with van der Waals surface area (Å²) in [5.74, 6) is 2.94. The smallest absolute Gasteiger partial charge is 0.134 e. The minimum absolute atomic E-state index is 0.0355.